The van der Waals surface area contributed by atoms with E-state index in [1.165, 1.54) is 10.9 Å². The molecule has 0 aliphatic heterocycles. The van der Waals surface area contributed by atoms with E-state index in [1.807, 2.05) is 31.2 Å². The Kier molecular flexibility index (Phi) is 4.82. The van der Waals surface area contributed by atoms with Crippen molar-refractivity contribution in [3.8, 4) is 11.8 Å². The van der Waals surface area contributed by atoms with Crippen LogP contribution in [0.1, 0.15) is 29.0 Å². The highest BCUT2D eigenvalue weighted by Crippen LogP contribution is 2.28. The fourth-order valence-electron chi connectivity index (χ4n) is 2.99. The summed E-state index contributed by atoms with van der Waals surface area (Å²) in [4.78, 5) is 0. The molecule has 2 nitrogen and oxygen atoms in total. The van der Waals surface area contributed by atoms with Gasteiger partial charge in [-0.1, -0.05) is 54.6 Å². The van der Waals surface area contributed by atoms with Crippen molar-refractivity contribution in [1.29, 1.82) is 5.26 Å². The number of benzene rings is 3. The van der Waals surface area contributed by atoms with Gasteiger partial charge in [-0.3, -0.25) is 0 Å². The van der Waals surface area contributed by atoms with E-state index in [4.69, 9.17) is 4.74 Å². The van der Waals surface area contributed by atoms with Gasteiger partial charge in [-0.05, 0) is 47.4 Å². The van der Waals surface area contributed by atoms with Crippen LogP contribution in [0.3, 0.4) is 0 Å². The summed E-state index contributed by atoms with van der Waals surface area (Å²) in [6, 6.07) is 23.0. The van der Waals surface area contributed by atoms with Gasteiger partial charge >= 0.3 is 0 Å². The van der Waals surface area contributed by atoms with E-state index in [0.717, 1.165) is 22.3 Å². The molecule has 0 heterocycles. The molecule has 0 aliphatic carbocycles. The monoisotopic (exact) mass is 315 g/mol. The quantitative estimate of drug-likeness (QED) is 0.620. The van der Waals surface area contributed by atoms with Crippen molar-refractivity contribution in [3.05, 3.63) is 77.4 Å². The van der Waals surface area contributed by atoms with Crippen molar-refractivity contribution in [2.24, 2.45) is 0 Å². The van der Waals surface area contributed by atoms with Crippen molar-refractivity contribution < 1.29 is 4.74 Å². The van der Waals surface area contributed by atoms with Gasteiger partial charge in [0.05, 0.1) is 18.6 Å². The highest BCUT2D eigenvalue weighted by Gasteiger charge is 2.14. The summed E-state index contributed by atoms with van der Waals surface area (Å²) in [6.45, 7) is 4.63. The Morgan fingerprint density at radius 2 is 1.79 bits per heavy atom. The summed E-state index contributed by atoms with van der Waals surface area (Å²) in [5, 5.41) is 12.0. The molecule has 0 saturated heterocycles. The summed E-state index contributed by atoms with van der Waals surface area (Å²) >= 11 is 0. The number of nitrogens with zero attached hydrogens (tertiary/aromatic N) is 1. The molecule has 0 bridgehead atoms. The summed E-state index contributed by atoms with van der Waals surface area (Å²) in [7, 11) is 0. The molecule has 1 unspecified atom stereocenters. The maximum atomic E-state index is 9.63. The van der Waals surface area contributed by atoms with Crippen LogP contribution in [-0.4, -0.2) is 6.61 Å². The Hall–Kier alpha value is -2.79. The molecular weight excluding hydrogens is 294 g/mol. The highest BCUT2D eigenvalue weighted by atomic mass is 16.5. The van der Waals surface area contributed by atoms with E-state index in [0.29, 0.717) is 13.0 Å². The molecule has 1 atom stereocenters. The zero-order valence-corrected chi connectivity index (χ0v) is 14.1. The first-order valence-corrected chi connectivity index (χ1v) is 8.26. The molecule has 24 heavy (non-hydrogen) atoms. The van der Waals surface area contributed by atoms with Gasteiger partial charge in [0.15, 0.2) is 0 Å². The van der Waals surface area contributed by atoms with Crippen molar-refractivity contribution in [2.75, 3.05) is 6.61 Å². The fourth-order valence-corrected chi connectivity index (χ4v) is 2.99. The molecule has 0 fully saturated rings. The SMILES string of the molecule is Cc1ccc(C)c(OCCC(C#N)c2cccc3ccccc23)c1. The Morgan fingerprint density at radius 3 is 2.62 bits per heavy atom. The molecule has 3 aromatic carbocycles. The third kappa shape index (κ3) is 3.41. The van der Waals surface area contributed by atoms with Crippen LogP contribution in [0.2, 0.25) is 0 Å². The number of aryl methyl sites for hydroxylation is 2. The van der Waals surface area contributed by atoms with Gasteiger partial charge in [-0.15, -0.1) is 0 Å². The lowest BCUT2D eigenvalue weighted by atomic mass is 9.92. The second-order valence-corrected chi connectivity index (χ2v) is 6.16. The van der Waals surface area contributed by atoms with Gasteiger partial charge in [-0.25, -0.2) is 0 Å². The zero-order valence-electron chi connectivity index (χ0n) is 14.1. The van der Waals surface area contributed by atoms with E-state index in [2.05, 4.69) is 49.4 Å². The Labute approximate surface area is 143 Å². The first kappa shape index (κ1) is 16.1. The smallest absolute Gasteiger partial charge is 0.122 e. The van der Waals surface area contributed by atoms with Crippen LogP contribution in [-0.2, 0) is 0 Å². The minimum atomic E-state index is -0.166. The molecule has 3 aromatic rings. The Morgan fingerprint density at radius 1 is 1.00 bits per heavy atom. The van der Waals surface area contributed by atoms with Crippen LogP contribution in [0.4, 0.5) is 0 Å². The summed E-state index contributed by atoms with van der Waals surface area (Å²) in [5.41, 5.74) is 3.39. The first-order chi connectivity index (χ1) is 11.7. The van der Waals surface area contributed by atoms with Crippen LogP contribution < -0.4 is 4.74 Å². The summed E-state index contributed by atoms with van der Waals surface area (Å²) in [5.74, 6) is 0.742. The maximum absolute atomic E-state index is 9.63. The topological polar surface area (TPSA) is 33.0 Å². The maximum Gasteiger partial charge on any atom is 0.122 e. The zero-order chi connectivity index (χ0) is 16.9. The lowest BCUT2D eigenvalue weighted by Gasteiger charge is -2.14. The van der Waals surface area contributed by atoms with Gasteiger partial charge in [-0.2, -0.15) is 5.26 Å². The largest absolute Gasteiger partial charge is 0.493 e. The molecule has 2 heteroatoms. The highest BCUT2D eigenvalue weighted by molar-refractivity contribution is 5.86. The third-order valence-corrected chi connectivity index (χ3v) is 4.36. The van der Waals surface area contributed by atoms with E-state index in [9.17, 15) is 5.26 Å². The number of hydrogen-bond donors (Lipinski definition) is 0. The van der Waals surface area contributed by atoms with Crippen LogP contribution in [0.25, 0.3) is 10.8 Å². The predicted molar refractivity (Wildman–Crippen MR) is 98.3 cm³/mol. The van der Waals surface area contributed by atoms with Crippen LogP contribution in [0.15, 0.2) is 60.7 Å². The van der Waals surface area contributed by atoms with Gasteiger partial charge in [0.1, 0.15) is 5.75 Å². The molecule has 3 rings (SSSR count). The van der Waals surface area contributed by atoms with Gasteiger partial charge in [0, 0.05) is 6.42 Å². The summed E-state index contributed by atoms with van der Waals surface area (Å²) < 4.78 is 5.93. The number of ether oxygens (including phenoxy) is 1. The number of hydrogen-bond acceptors (Lipinski definition) is 2. The molecule has 0 aliphatic rings. The molecule has 0 aromatic heterocycles. The van der Waals surface area contributed by atoms with Crippen LogP contribution in [0.5, 0.6) is 5.75 Å². The minimum absolute atomic E-state index is 0.166. The van der Waals surface area contributed by atoms with Gasteiger partial charge in [0.2, 0.25) is 0 Å². The third-order valence-electron chi connectivity index (χ3n) is 4.36. The second kappa shape index (κ2) is 7.19. The molecular formula is C22H21NO. The van der Waals surface area contributed by atoms with E-state index in [1.54, 1.807) is 0 Å². The average molecular weight is 315 g/mol. The second-order valence-electron chi connectivity index (χ2n) is 6.16. The van der Waals surface area contributed by atoms with Gasteiger partial charge in [0.25, 0.3) is 0 Å². The molecule has 0 saturated carbocycles. The molecule has 0 amide bonds. The van der Waals surface area contributed by atoms with Crippen LogP contribution >= 0.6 is 0 Å². The molecule has 120 valence electrons. The minimum Gasteiger partial charge on any atom is -0.493 e. The summed E-state index contributed by atoms with van der Waals surface area (Å²) in [6.07, 6.45) is 0.678. The molecule has 0 radical (unpaired) electrons. The molecule has 0 N–H and O–H groups in total. The normalized spacial score (nSPS) is 11.9. The first-order valence-electron chi connectivity index (χ1n) is 8.26. The van der Waals surface area contributed by atoms with Crippen molar-refractivity contribution in [3.63, 3.8) is 0 Å². The van der Waals surface area contributed by atoms with E-state index < -0.39 is 0 Å². The van der Waals surface area contributed by atoms with Crippen LogP contribution in [0, 0.1) is 25.2 Å². The lowest BCUT2D eigenvalue weighted by Crippen LogP contribution is -2.06. The van der Waals surface area contributed by atoms with E-state index in [-0.39, 0.29) is 5.92 Å². The lowest BCUT2D eigenvalue weighted by molar-refractivity contribution is 0.304. The average Bonchev–Trinajstić information content (AvgIpc) is 2.61. The van der Waals surface area contributed by atoms with Crippen molar-refractivity contribution in [1.82, 2.24) is 0 Å². The number of fused-ring (bicyclic) bond motifs is 1. The molecule has 0 spiro atoms. The fraction of sp³-hybridized carbons (Fsp3) is 0.227. The van der Waals surface area contributed by atoms with Gasteiger partial charge < -0.3 is 4.74 Å². The Balaban J connectivity index is 1.75. The van der Waals surface area contributed by atoms with E-state index >= 15 is 0 Å². The van der Waals surface area contributed by atoms with Crippen molar-refractivity contribution >= 4 is 10.8 Å². The standard InChI is InChI=1S/C22H21NO/c1-16-10-11-17(2)22(14-16)24-13-12-19(15-23)21-9-5-7-18-6-3-4-8-20(18)21/h3-11,14,19H,12-13H2,1-2H3. The number of rotatable bonds is 5. The Bertz CT molecular complexity index is 887. The number of nitriles is 1. The predicted octanol–water partition coefficient (Wildman–Crippen LogP) is 5.53. The van der Waals surface area contributed by atoms with Crippen molar-refractivity contribution in [2.45, 2.75) is 26.2 Å².